The standard InChI is InChI=1S/C9H11N3O2/c1-6-8(11-3-2-10-6)12-4-7(5-12)9(13)14/h2-3,7H,4-5H2,1H3,(H,13,14). The molecule has 1 aromatic rings. The van der Waals surface area contributed by atoms with E-state index in [1.165, 1.54) is 0 Å². The van der Waals surface area contributed by atoms with Gasteiger partial charge in [0, 0.05) is 25.5 Å². The van der Waals surface area contributed by atoms with Crippen LogP contribution < -0.4 is 4.90 Å². The highest BCUT2D eigenvalue weighted by Crippen LogP contribution is 2.24. The zero-order chi connectivity index (χ0) is 10.1. The average molecular weight is 193 g/mol. The predicted octanol–water partition coefficient (Wildman–Crippen LogP) is 0.306. The summed E-state index contributed by atoms with van der Waals surface area (Å²) >= 11 is 0. The second-order valence-corrected chi connectivity index (χ2v) is 3.41. The van der Waals surface area contributed by atoms with Gasteiger partial charge in [0.05, 0.1) is 11.6 Å². The molecule has 2 rings (SSSR count). The lowest BCUT2D eigenvalue weighted by Crippen LogP contribution is -2.51. The molecule has 0 amide bonds. The third kappa shape index (κ3) is 1.41. The summed E-state index contributed by atoms with van der Waals surface area (Å²) in [4.78, 5) is 20.8. The van der Waals surface area contributed by atoms with Crippen molar-refractivity contribution in [2.45, 2.75) is 6.92 Å². The molecule has 0 aliphatic carbocycles. The summed E-state index contributed by atoms with van der Waals surface area (Å²) in [7, 11) is 0. The molecule has 1 saturated heterocycles. The Morgan fingerprint density at radius 2 is 2.14 bits per heavy atom. The molecule has 0 saturated carbocycles. The van der Waals surface area contributed by atoms with E-state index >= 15 is 0 Å². The van der Waals surface area contributed by atoms with Crippen molar-refractivity contribution >= 4 is 11.8 Å². The van der Waals surface area contributed by atoms with Crippen molar-refractivity contribution < 1.29 is 9.90 Å². The van der Waals surface area contributed by atoms with E-state index in [9.17, 15) is 4.79 Å². The number of anilines is 1. The smallest absolute Gasteiger partial charge is 0.310 e. The fourth-order valence-electron chi connectivity index (χ4n) is 1.52. The molecule has 5 nitrogen and oxygen atoms in total. The van der Waals surface area contributed by atoms with Crippen LogP contribution in [0.1, 0.15) is 5.69 Å². The lowest BCUT2D eigenvalue weighted by molar-refractivity contribution is -0.142. The minimum atomic E-state index is -0.734. The molecule has 74 valence electrons. The first-order chi connectivity index (χ1) is 6.68. The summed E-state index contributed by atoms with van der Waals surface area (Å²) in [6.45, 7) is 2.94. The van der Waals surface area contributed by atoms with Gasteiger partial charge in [-0.25, -0.2) is 4.98 Å². The number of carbonyl (C=O) groups is 1. The van der Waals surface area contributed by atoms with Gasteiger partial charge < -0.3 is 10.0 Å². The average Bonchev–Trinajstić information content (AvgIpc) is 2.05. The first-order valence-electron chi connectivity index (χ1n) is 4.44. The second kappa shape index (κ2) is 3.25. The molecule has 0 aromatic carbocycles. The number of rotatable bonds is 2. The monoisotopic (exact) mass is 193 g/mol. The van der Waals surface area contributed by atoms with E-state index in [4.69, 9.17) is 5.11 Å². The topological polar surface area (TPSA) is 66.3 Å². The van der Waals surface area contributed by atoms with Crippen molar-refractivity contribution in [1.82, 2.24) is 9.97 Å². The van der Waals surface area contributed by atoms with Crippen molar-refractivity contribution in [3.8, 4) is 0 Å². The first kappa shape index (κ1) is 8.93. The van der Waals surface area contributed by atoms with Crippen molar-refractivity contribution in [3.63, 3.8) is 0 Å². The Kier molecular flexibility index (Phi) is 2.07. The number of hydrogen-bond acceptors (Lipinski definition) is 4. The maximum absolute atomic E-state index is 10.6. The van der Waals surface area contributed by atoms with Crippen LogP contribution in [0.4, 0.5) is 5.82 Å². The van der Waals surface area contributed by atoms with Crippen LogP contribution in [0, 0.1) is 12.8 Å². The highest BCUT2D eigenvalue weighted by atomic mass is 16.4. The zero-order valence-corrected chi connectivity index (χ0v) is 7.84. The summed E-state index contributed by atoms with van der Waals surface area (Å²) in [5.41, 5.74) is 0.844. The van der Waals surface area contributed by atoms with Gasteiger partial charge in [0.1, 0.15) is 5.82 Å². The molecule has 5 heteroatoms. The largest absolute Gasteiger partial charge is 0.481 e. The molecule has 0 unspecified atom stereocenters. The SMILES string of the molecule is Cc1nccnc1N1CC(C(=O)O)C1. The van der Waals surface area contributed by atoms with Crippen LogP contribution >= 0.6 is 0 Å². The Bertz CT molecular complexity index is 361. The Labute approximate surface area is 81.4 Å². The van der Waals surface area contributed by atoms with E-state index in [0.29, 0.717) is 13.1 Å². The number of aromatic nitrogens is 2. The summed E-state index contributed by atoms with van der Waals surface area (Å²) in [6, 6.07) is 0. The third-order valence-corrected chi connectivity index (χ3v) is 2.39. The van der Waals surface area contributed by atoms with Gasteiger partial charge in [0.2, 0.25) is 0 Å². The Morgan fingerprint density at radius 3 is 2.71 bits per heavy atom. The van der Waals surface area contributed by atoms with Gasteiger partial charge in [-0.05, 0) is 6.92 Å². The molecule has 0 bridgehead atoms. The number of nitrogens with zero attached hydrogens (tertiary/aromatic N) is 3. The van der Waals surface area contributed by atoms with Crippen molar-refractivity contribution in [2.75, 3.05) is 18.0 Å². The Balaban J connectivity index is 2.07. The minimum Gasteiger partial charge on any atom is -0.481 e. The quantitative estimate of drug-likeness (QED) is 0.732. The number of hydrogen-bond donors (Lipinski definition) is 1. The van der Waals surface area contributed by atoms with E-state index in [0.717, 1.165) is 11.5 Å². The van der Waals surface area contributed by atoms with Gasteiger partial charge in [-0.2, -0.15) is 0 Å². The van der Waals surface area contributed by atoms with Crippen LogP contribution in [0.3, 0.4) is 0 Å². The van der Waals surface area contributed by atoms with E-state index < -0.39 is 5.97 Å². The molecule has 1 fully saturated rings. The van der Waals surface area contributed by atoms with Crippen LogP contribution in [0.15, 0.2) is 12.4 Å². The van der Waals surface area contributed by atoms with E-state index in [1.54, 1.807) is 12.4 Å². The summed E-state index contributed by atoms with van der Waals surface area (Å²) < 4.78 is 0. The van der Waals surface area contributed by atoms with Crippen LogP contribution in [0.5, 0.6) is 0 Å². The van der Waals surface area contributed by atoms with E-state index in [-0.39, 0.29) is 5.92 Å². The van der Waals surface area contributed by atoms with E-state index in [2.05, 4.69) is 9.97 Å². The van der Waals surface area contributed by atoms with Gasteiger partial charge in [0.25, 0.3) is 0 Å². The predicted molar refractivity (Wildman–Crippen MR) is 50.1 cm³/mol. The Hall–Kier alpha value is -1.65. The maximum atomic E-state index is 10.6. The second-order valence-electron chi connectivity index (χ2n) is 3.41. The highest BCUT2D eigenvalue weighted by Gasteiger charge is 2.33. The molecule has 14 heavy (non-hydrogen) atoms. The van der Waals surface area contributed by atoms with E-state index in [1.807, 2.05) is 11.8 Å². The van der Waals surface area contributed by atoms with Crippen molar-refractivity contribution in [3.05, 3.63) is 18.1 Å². The molecule has 1 aliphatic heterocycles. The molecule has 1 aliphatic rings. The normalized spacial score (nSPS) is 16.5. The summed E-state index contributed by atoms with van der Waals surface area (Å²) in [5, 5.41) is 8.70. The van der Waals surface area contributed by atoms with Gasteiger partial charge in [-0.3, -0.25) is 9.78 Å². The molecule has 0 spiro atoms. The number of aryl methyl sites for hydroxylation is 1. The van der Waals surface area contributed by atoms with Gasteiger partial charge in [0.15, 0.2) is 0 Å². The van der Waals surface area contributed by atoms with Crippen molar-refractivity contribution in [1.29, 1.82) is 0 Å². The molecular formula is C9H11N3O2. The van der Waals surface area contributed by atoms with Gasteiger partial charge >= 0.3 is 5.97 Å². The first-order valence-corrected chi connectivity index (χ1v) is 4.44. The van der Waals surface area contributed by atoms with Crippen LogP contribution in [0.25, 0.3) is 0 Å². The fraction of sp³-hybridized carbons (Fsp3) is 0.444. The molecule has 1 aromatic heterocycles. The lowest BCUT2D eigenvalue weighted by atomic mass is 10.0. The number of carboxylic acid groups (broad SMARTS) is 1. The molecule has 2 heterocycles. The zero-order valence-electron chi connectivity index (χ0n) is 7.84. The molecule has 0 radical (unpaired) electrons. The minimum absolute atomic E-state index is 0.253. The summed E-state index contributed by atoms with van der Waals surface area (Å²) in [6.07, 6.45) is 3.25. The third-order valence-electron chi connectivity index (χ3n) is 2.39. The highest BCUT2D eigenvalue weighted by molar-refractivity contribution is 5.74. The Morgan fingerprint density at radius 1 is 1.50 bits per heavy atom. The summed E-state index contributed by atoms with van der Waals surface area (Å²) in [5.74, 6) is -0.191. The van der Waals surface area contributed by atoms with Gasteiger partial charge in [-0.1, -0.05) is 0 Å². The van der Waals surface area contributed by atoms with Crippen LogP contribution in [0.2, 0.25) is 0 Å². The van der Waals surface area contributed by atoms with Gasteiger partial charge in [-0.15, -0.1) is 0 Å². The number of aliphatic carboxylic acids is 1. The van der Waals surface area contributed by atoms with Crippen LogP contribution in [-0.2, 0) is 4.79 Å². The maximum Gasteiger partial charge on any atom is 0.310 e. The molecule has 1 N–H and O–H groups in total. The number of carboxylic acids is 1. The molecular weight excluding hydrogens is 182 g/mol. The van der Waals surface area contributed by atoms with Crippen LogP contribution in [-0.4, -0.2) is 34.1 Å². The lowest BCUT2D eigenvalue weighted by Gasteiger charge is -2.37. The fourth-order valence-corrected chi connectivity index (χ4v) is 1.52. The molecule has 0 atom stereocenters. The van der Waals surface area contributed by atoms with Crippen molar-refractivity contribution in [2.24, 2.45) is 5.92 Å².